The summed E-state index contributed by atoms with van der Waals surface area (Å²) in [5.41, 5.74) is -0.767. The number of hydrogen-bond donors (Lipinski definition) is 2. The van der Waals surface area contributed by atoms with E-state index in [9.17, 15) is 24.1 Å². The number of nitrogens with one attached hydrogen (secondary N) is 1. The van der Waals surface area contributed by atoms with Crippen LogP contribution >= 0.6 is 0 Å². The van der Waals surface area contributed by atoms with Gasteiger partial charge in [0.25, 0.3) is 11.6 Å². The van der Waals surface area contributed by atoms with Crippen LogP contribution in [0.4, 0.5) is 10.1 Å². The summed E-state index contributed by atoms with van der Waals surface area (Å²) < 4.78 is 13.5. The Labute approximate surface area is 113 Å². The van der Waals surface area contributed by atoms with Crippen molar-refractivity contribution in [1.29, 1.82) is 0 Å². The molecule has 0 aliphatic carbocycles. The van der Waals surface area contributed by atoms with Crippen molar-refractivity contribution < 1.29 is 24.0 Å². The van der Waals surface area contributed by atoms with Crippen molar-refractivity contribution >= 4 is 17.6 Å². The number of nitrogens with zero attached hydrogens (tertiary/aromatic N) is 1. The lowest BCUT2D eigenvalue weighted by Gasteiger charge is -2.10. The second-order valence-corrected chi connectivity index (χ2v) is 4.33. The molecule has 0 heterocycles. The number of benzene rings is 1. The van der Waals surface area contributed by atoms with E-state index >= 15 is 0 Å². The monoisotopic (exact) mass is 284 g/mol. The SMILES string of the molecule is CC(CNC(=O)c1ccc([N+](=O)[O-])cc1F)CC(=O)O. The minimum atomic E-state index is -0.998. The van der Waals surface area contributed by atoms with E-state index in [1.165, 1.54) is 0 Å². The average Bonchev–Trinajstić information content (AvgIpc) is 2.34. The molecule has 0 aromatic heterocycles. The molecule has 1 aromatic rings. The van der Waals surface area contributed by atoms with E-state index in [0.717, 1.165) is 12.1 Å². The summed E-state index contributed by atoms with van der Waals surface area (Å²) in [6.45, 7) is 1.70. The van der Waals surface area contributed by atoms with E-state index in [2.05, 4.69) is 5.32 Å². The predicted molar refractivity (Wildman–Crippen MR) is 66.8 cm³/mol. The van der Waals surface area contributed by atoms with E-state index in [0.29, 0.717) is 6.07 Å². The molecule has 1 unspecified atom stereocenters. The molecule has 1 atom stereocenters. The third-order valence-electron chi connectivity index (χ3n) is 2.54. The first-order valence-electron chi connectivity index (χ1n) is 5.75. The molecule has 0 radical (unpaired) electrons. The standard InChI is InChI=1S/C12H13FN2O5/c1-7(4-11(16)17)6-14-12(18)9-3-2-8(15(19)20)5-10(9)13/h2-3,5,7H,4,6H2,1H3,(H,14,18)(H,16,17). The van der Waals surface area contributed by atoms with Crippen LogP contribution in [0.15, 0.2) is 18.2 Å². The molecule has 0 saturated carbocycles. The maximum Gasteiger partial charge on any atom is 0.303 e. The minimum Gasteiger partial charge on any atom is -0.481 e. The van der Waals surface area contributed by atoms with Crippen LogP contribution in [-0.4, -0.2) is 28.5 Å². The number of non-ortho nitro benzene ring substituents is 1. The zero-order valence-electron chi connectivity index (χ0n) is 10.6. The van der Waals surface area contributed by atoms with E-state index < -0.39 is 28.3 Å². The number of rotatable bonds is 6. The van der Waals surface area contributed by atoms with E-state index in [-0.39, 0.29) is 24.4 Å². The van der Waals surface area contributed by atoms with Crippen molar-refractivity contribution in [3.8, 4) is 0 Å². The second kappa shape index (κ2) is 6.60. The van der Waals surface area contributed by atoms with Crippen molar-refractivity contribution in [2.24, 2.45) is 5.92 Å². The molecule has 1 amide bonds. The summed E-state index contributed by atoms with van der Waals surface area (Å²) in [5.74, 6) is -3.04. The number of hydrogen-bond acceptors (Lipinski definition) is 4. The maximum absolute atomic E-state index is 13.5. The number of carbonyl (C=O) groups excluding carboxylic acids is 1. The third-order valence-corrected chi connectivity index (χ3v) is 2.54. The first kappa shape index (κ1) is 15.5. The molecule has 1 rings (SSSR count). The molecule has 0 aliphatic rings. The number of nitro benzene ring substituents is 1. The zero-order chi connectivity index (χ0) is 15.3. The molecule has 0 fully saturated rings. The molecule has 1 aromatic carbocycles. The summed E-state index contributed by atoms with van der Waals surface area (Å²) in [5, 5.41) is 21.4. The maximum atomic E-state index is 13.5. The Morgan fingerprint density at radius 1 is 1.50 bits per heavy atom. The topological polar surface area (TPSA) is 110 Å². The van der Waals surface area contributed by atoms with Gasteiger partial charge in [0.15, 0.2) is 0 Å². The van der Waals surface area contributed by atoms with Gasteiger partial charge in [0.05, 0.1) is 16.6 Å². The Bertz CT molecular complexity index is 547. The van der Waals surface area contributed by atoms with Crippen LogP contribution in [0, 0.1) is 21.8 Å². The smallest absolute Gasteiger partial charge is 0.303 e. The number of carboxylic acids is 1. The van der Waals surface area contributed by atoms with Crippen LogP contribution in [0.2, 0.25) is 0 Å². The van der Waals surface area contributed by atoms with Gasteiger partial charge in [0.1, 0.15) is 5.82 Å². The number of halogens is 1. The van der Waals surface area contributed by atoms with Gasteiger partial charge in [0, 0.05) is 19.0 Å². The summed E-state index contributed by atoms with van der Waals surface area (Å²) in [7, 11) is 0. The lowest BCUT2D eigenvalue weighted by molar-refractivity contribution is -0.385. The Morgan fingerprint density at radius 2 is 2.15 bits per heavy atom. The molecular formula is C12H13FN2O5. The van der Waals surface area contributed by atoms with Crippen LogP contribution in [0.1, 0.15) is 23.7 Å². The Kier molecular flexibility index (Phi) is 5.13. The van der Waals surface area contributed by atoms with Crippen LogP contribution in [0.25, 0.3) is 0 Å². The first-order valence-corrected chi connectivity index (χ1v) is 5.75. The van der Waals surface area contributed by atoms with Gasteiger partial charge < -0.3 is 10.4 Å². The Hall–Kier alpha value is -2.51. The number of carbonyl (C=O) groups is 2. The number of amides is 1. The number of aliphatic carboxylic acids is 1. The van der Waals surface area contributed by atoms with Crippen molar-refractivity contribution in [2.75, 3.05) is 6.54 Å². The summed E-state index contributed by atoms with van der Waals surface area (Å²) in [6.07, 6.45) is -0.122. The van der Waals surface area contributed by atoms with Crippen molar-refractivity contribution in [3.05, 3.63) is 39.7 Å². The van der Waals surface area contributed by atoms with Gasteiger partial charge in [0.2, 0.25) is 0 Å². The highest BCUT2D eigenvalue weighted by Gasteiger charge is 2.17. The van der Waals surface area contributed by atoms with Crippen molar-refractivity contribution in [3.63, 3.8) is 0 Å². The summed E-state index contributed by atoms with van der Waals surface area (Å²) in [4.78, 5) is 31.8. The average molecular weight is 284 g/mol. The summed E-state index contributed by atoms with van der Waals surface area (Å²) >= 11 is 0. The molecular weight excluding hydrogens is 271 g/mol. The van der Waals surface area contributed by atoms with Crippen molar-refractivity contribution in [2.45, 2.75) is 13.3 Å². The fourth-order valence-electron chi connectivity index (χ4n) is 1.53. The largest absolute Gasteiger partial charge is 0.481 e. The molecule has 0 bridgehead atoms. The molecule has 7 nitrogen and oxygen atoms in total. The quantitative estimate of drug-likeness (QED) is 0.608. The van der Waals surface area contributed by atoms with Gasteiger partial charge in [-0.25, -0.2) is 4.39 Å². The van der Waals surface area contributed by atoms with Gasteiger partial charge in [-0.3, -0.25) is 19.7 Å². The van der Waals surface area contributed by atoms with Gasteiger partial charge in [-0.15, -0.1) is 0 Å². The highest BCUT2D eigenvalue weighted by Crippen LogP contribution is 2.16. The zero-order valence-corrected chi connectivity index (χ0v) is 10.6. The lowest BCUT2D eigenvalue weighted by Crippen LogP contribution is -2.29. The molecule has 0 spiro atoms. The molecule has 0 saturated heterocycles. The molecule has 0 aliphatic heterocycles. The van der Waals surface area contributed by atoms with E-state index in [4.69, 9.17) is 5.11 Å². The van der Waals surface area contributed by atoms with E-state index in [1.807, 2.05) is 0 Å². The lowest BCUT2D eigenvalue weighted by atomic mass is 10.1. The van der Waals surface area contributed by atoms with Crippen LogP contribution in [0.5, 0.6) is 0 Å². The predicted octanol–water partition coefficient (Wildman–Crippen LogP) is 1.57. The molecule has 20 heavy (non-hydrogen) atoms. The fourth-order valence-corrected chi connectivity index (χ4v) is 1.53. The minimum absolute atomic E-state index is 0.0710. The fraction of sp³-hybridized carbons (Fsp3) is 0.333. The second-order valence-electron chi connectivity index (χ2n) is 4.33. The normalized spacial score (nSPS) is 11.7. The number of nitro groups is 1. The highest BCUT2D eigenvalue weighted by molar-refractivity contribution is 5.94. The molecule has 2 N–H and O–H groups in total. The van der Waals surface area contributed by atoms with E-state index in [1.54, 1.807) is 6.92 Å². The first-order chi connectivity index (χ1) is 9.31. The highest BCUT2D eigenvalue weighted by atomic mass is 19.1. The van der Waals surface area contributed by atoms with Gasteiger partial charge in [-0.1, -0.05) is 6.92 Å². The molecule has 108 valence electrons. The Balaban J connectivity index is 2.68. The van der Waals surface area contributed by atoms with Gasteiger partial charge in [-0.2, -0.15) is 0 Å². The Morgan fingerprint density at radius 3 is 2.65 bits per heavy atom. The third kappa shape index (κ3) is 4.30. The van der Waals surface area contributed by atoms with Crippen molar-refractivity contribution in [1.82, 2.24) is 5.32 Å². The van der Waals surface area contributed by atoms with Gasteiger partial charge in [-0.05, 0) is 12.0 Å². The number of carboxylic acid groups (broad SMARTS) is 1. The summed E-state index contributed by atoms with van der Waals surface area (Å²) in [6, 6.07) is 2.71. The molecule has 8 heteroatoms. The van der Waals surface area contributed by atoms with Crippen LogP contribution < -0.4 is 5.32 Å². The van der Waals surface area contributed by atoms with Crippen LogP contribution in [0.3, 0.4) is 0 Å². The van der Waals surface area contributed by atoms with Gasteiger partial charge >= 0.3 is 5.97 Å². The van der Waals surface area contributed by atoms with Crippen LogP contribution in [-0.2, 0) is 4.79 Å².